The maximum absolute atomic E-state index is 13.1. The minimum absolute atomic E-state index is 0.0628. The standard InChI is InChI=1S/C15H10FNOS/c1-9-4-5-17-8-12(9)15(18)14-6-10-2-3-11(16)7-13(10)19-14/h2-8H,1H3. The summed E-state index contributed by atoms with van der Waals surface area (Å²) < 4.78 is 13.9. The number of halogens is 1. The van der Waals surface area contributed by atoms with Crippen LogP contribution in [0.1, 0.15) is 20.8 Å². The lowest BCUT2D eigenvalue weighted by molar-refractivity contribution is 0.104. The number of rotatable bonds is 2. The van der Waals surface area contributed by atoms with Crippen molar-refractivity contribution in [3.63, 3.8) is 0 Å². The monoisotopic (exact) mass is 271 g/mol. The Labute approximate surface area is 113 Å². The van der Waals surface area contributed by atoms with E-state index in [-0.39, 0.29) is 11.6 Å². The number of thiophene rings is 1. The predicted molar refractivity (Wildman–Crippen MR) is 74.2 cm³/mol. The van der Waals surface area contributed by atoms with Crippen LogP contribution in [-0.4, -0.2) is 10.8 Å². The first-order valence-electron chi connectivity index (χ1n) is 5.79. The Hall–Kier alpha value is -2.07. The lowest BCUT2D eigenvalue weighted by Crippen LogP contribution is -2.01. The fraction of sp³-hybridized carbons (Fsp3) is 0.0667. The number of hydrogen-bond donors (Lipinski definition) is 0. The number of hydrogen-bond acceptors (Lipinski definition) is 3. The molecule has 2 nitrogen and oxygen atoms in total. The molecule has 0 aliphatic rings. The smallest absolute Gasteiger partial charge is 0.204 e. The molecular weight excluding hydrogens is 261 g/mol. The number of ketones is 1. The van der Waals surface area contributed by atoms with Crippen LogP contribution in [0.2, 0.25) is 0 Å². The van der Waals surface area contributed by atoms with Crippen LogP contribution in [0.3, 0.4) is 0 Å². The average Bonchev–Trinajstić information content (AvgIpc) is 2.81. The van der Waals surface area contributed by atoms with Crippen molar-refractivity contribution in [2.24, 2.45) is 0 Å². The third-order valence-electron chi connectivity index (χ3n) is 2.99. The predicted octanol–water partition coefficient (Wildman–Crippen LogP) is 3.97. The highest BCUT2D eigenvalue weighted by Crippen LogP contribution is 2.28. The topological polar surface area (TPSA) is 30.0 Å². The van der Waals surface area contributed by atoms with Crippen molar-refractivity contribution in [3.8, 4) is 0 Å². The van der Waals surface area contributed by atoms with Crippen LogP contribution < -0.4 is 0 Å². The SMILES string of the molecule is Cc1ccncc1C(=O)c1cc2ccc(F)cc2s1. The number of benzene rings is 1. The van der Waals surface area contributed by atoms with Crippen molar-refractivity contribution in [2.45, 2.75) is 6.92 Å². The van der Waals surface area contributed by atoms with Gasteiger partial charge in [0.2, 0.25) is 5.78 Å². The molecule has 0 spiro atoms. The van der Waals surface area contributed by atoms with E-state index in [0.717, 1.165) is 15.6 Å². The molecule has 0 unspecified atom stereocenters. The number of carbonyl (C=O) groups excluding carboxylic acids is 1. The zero-order valence-electron chi connectivity index (χ0n) is 10.2. The molecule has 19 heavy (non-hydrogen) atoms. The Morgan fingerprint density at radius 2 is 2.11 bits per heavy atom. The zero-order valence-corrected chi connectivity index (χ0v) is 11.0. The minimum atomic E-state index is -0.286. The second-order valence-electron chi connectivity index (χ2n) is 4.31. The first kappa shape index (κ1) is 12.0. The fourth-order valence-electron chi connectivity index (χ4n) is 1.95. The van der Waals surface area contributed by atoms with Gasteiger partial charge in [0.05, 0.1) is 4.88 Å². The maximum atomic E-state index is 13.1. The van der Waals surface area contributed by atoms with Gasteiger partial charge in [0.25, 0.3) is 0 Å². The van der Waals surface area contributed by atoms with Gasteiger partial charge in [0.1, 0.15) is 5.82 Å². The fourth-order valence-corrected chi connectivity index (χ4v) is 2.99. The number of nitrogens with zero attached hydrogens (tertiary/aromatic N) is 1. The van der Waals surface area contributed by atoms with Gasteiger partial charge in [-0.2, -0.15) is 0 Å². The number of fused-ring (bicyclic) bond motifs is 1. The molecule has 2 heterocycles. The molecule has 0 radical (unpaired) electrons. The largest absolute Gasteiger partial charge is 0.288 e. The van der Waals surface area contributed by atoms with E-state index in [2.05, 4.69) is 4.98 Å². The molecule has 4 heteroatoms. The Balaban J connectivity index is 2.09. The molecule has 0 saturated heterocycles. The molecule has 0 amide bonds. The summed E-state index contributed by atoms with van der Waals surface area (Å²) in [4.78, 5) is 17.0. The molecule has 94 valence electrons. The molecule has 2 aromatic heterocycles. The normalized spacial score (nSPS) is 10.8. The highest BCUT2D eigenvalue weighted by atomic mass is 32.1. The van der Waals surface area contributed by atoms with Crippen molar-refractivity contribution < 1.29 is 9.18 Å². The van der Waals surface area contributed by atoms with Crippen LogP contribution >= 0.6 is 11.3 Å². The van der Waals surface area contributed by atoms with Crippen molar-refractivity contribution >= 4 is 27.2 Å². The van der Waals surface area contributed by atoms with Crippen molar-refractivity contribution in [1.29, 1.82) is 0 Å². The second kappa shape index (κ2) is 4.55. The molecule has 0 atom stereocenters. The van der Waals surface area contributed by atoms with E-state index in [0.29, 0.717) is 10.4 Å². The van der Waals surface area contributed by atoms with Crippen LogP contribution in [0.5, 0.6) is 0 Å². The van der Waals surface area contributed by atoms with Gasteiger partial charge in [-0.25, -0.2) is 4.39 Å². The molecule has 0 bridgehead atoms. The van der Waals surface area contributed by atoms with E-state index < -0.39 is 0 Å². The van der Waals surface area contributed by atoms with Gasteiger partial charge >= 0.3 is 0 Å². The summed E-state index contributed by atoms with van der Waals surface area (Å²) in [6.45, 7) is 1.88. The van der Waals surface area contributed by atoms with Gasteiger partial charge in [-0.1, -0.05) is 6.07 Å². The Morgan fingerprint density at radius 1 is 1.26 bits per heavy atom. The summed E-state index contributed by atoms with van der Waals surface area (Å²) in [6.07, 6.45) is 3.23. The Bertz CT molecular complexity index is 779. The Morgan fingerprint density at radius 3 is 2.89 bits per heavy atom. The molecular formula is C15H10FNOS. The molecule has 3 aromatic rings. The van der Waals surface area contributed by atoms with Crippen molar-refractivity contribution in [3.05, 3.63) is 64.5 Å². The summed E-state index contributed by atoms with van der Waals surface area (Å²) in [6, 6.07) is 8.15. The lowest BCUT2D eigenvalue weighted by atomic mass is 10.1. The molecule has 0 N–H and O–H groups in total. The molecule has 0 saturated carbocycles. The first-order chi connectivity index (χ1) is 9.15. The molecule has 0 fully saturated rings. The number of pyridine rings is 1. The lowest BCUT2D eigenvalue weighted by Gasteiger charge is -2.00. The first-order valence-corrected chi connectivity index (χ1v) is 6.61. The van der Waals surface area contributed by atoms with Crippen LogP contribution in [0.15, 0.2) is 42.7 Å². The third-order valence-corrected chi connectivity index (χ3v) is 4.09. The summed E-state index contributed by atoms with van der Waals surface area (Å²) in [5, 5.41) is 0.885. The Kier molecular flexibility index (Phi) is 2.87. The number of aromatic nitrogens is 1. The average molecular weight is 271 g/mol. The van der Waals surface area contributed by atoms with E-state index in [4.69, 9.17) is 0 Å². The van der Waals surface area contributed by atoms with Crippen molar-refractivity contribution in [2.75, 3.05) is 0 Å². The van der Waals surface area contributed by atoms with Gasteiger partial charge in [0.15, 0.2) is 0 Å². The van der Waals surface area contributed by atoms with Crippen LogP contribution in [-0.2, 0) is 0 Å². The summed E-state index contributed by atoms with van der Waals surface area (Å²) >= 11 is 1.31. The van der Waals surface area contributed by atoms with Gasteiger partial charge in [0, 0.05) is 22.7 Å². The quantitative estimate of drug-likeness (QED) is 0.660. The molecule has 3 rings (SSSR count). The van der Waals surface area contributed by atoms with E-state index in [1.807, 2.05) is 6.92 Å². The maximum Gasteiger partial charge on any atom is 0.204 e. The van der Waals surface area contributed by atoms with Gasteiger partial charge in [-0.15, -0.1) is 11.3 Å². The van der Waals surface area contributed by atoms with E-state index in [9.17, 15) is 9.18 Å². The summed E-state index contributed by atoms with van der Waals surface area (Å²) in [5.41, 5.74) is 1.48. The van der Waals surface area contributed by atoms with Crippen LogP contribution in [0.25, 0.3) is 10.1 Å². The van der Waals surface area contributed by atoms with E-state index in [1.54, 1.807) is 30.6 Å². The van der Waals surface area contributed by atoms with Gasteiger partial charge < -0.3 is 0 Å². The third kappa shape index (κ3) is 2.15. The summed E-state index contributed by atoms with van der Waals surface area (Å²) in [7, 11) is 0. The zero-order chi connectivity index (χ0) is 13.4. The number of aryl methyl sites for hydroxylation is 1. The number of carbonyl (C=O) groups is 1. The summed E-state index contributed by atoms with van der Waals surface area (Å²) in [5.74, 6) is -0.349. The highest BCUT2D eigenvalue weighted by molar-refractivity contribution is 7.21. The minimum Gasteiger partial charge on any atom is -0.288 e. The van der Waals surface area contributed by atoms with Gasteiger partial charge in [-0.05, 0) is 42.1 Å². The van der Waals surface area contributed by atoms with E-state index >= 15 is 0 Å². The second-order valence-corrected chi connectivity index (χ2v) is 5.40. The highest BCUT2D eigenvalue weighted by Gasteiger charge is 2.15. The van der Waals surface area contributed by atoms with E-state index in [1.165, 1.54) is 23.5 Å². The van der Waals surface area contributed by atoms with Crippen molar-refractivity contribution in [1.82, 2.24) is 4.98 Å². The molecule has 1 aromatic carbocycles. The van der Waals surface area contributed by atoms with Crippen LogP contribution in [0, 0.1) is 12.7 Å². The molecule has 0 aliphatic carbocycles. The van der Waals surface area contributed by atoms with Gasteiger partial charge in [-0.3, -0.25) is 9.78 Å². The van der Waals surface area contributed by atoms with Crippen LogP contribution in [0.4, 0.5) is 4.39 Å². The molecule has 0 aliphatic heterocycles.